The number of nitrogens with one attached hydrogen (secondary N) is 1. The third-order valence-corrected chi connectivity index (χ3v) is 2.42. The quantitative estimate of drug-likeness (QED) is 0.603. The number of carboxylic acids is 1. The minimum absolute atomic E-state index is 0.332. The summed E-state index contributed by atoms with van der Waals surface area (Å²) in [4.78, 5) is 12.7. The lowest BCUT2D eigenvalue weighted by Crippen LogP contribution is -2.50. The molecule has 12 heavy (non-hydrogen) atoms. The highest BCUT2D eigenvalue weighted by Gasteiger charge is 2.25. The first-order valence-corrected chi connectivity index (χ1v) is 4.24. The lowest BCUT2D eigenvalue weighted by molar-refractivity contribution is -0.140. The van der Waals surface area contributed by atoms with E-state index in [0.717, 1.165) is 19.4 Å². The summed E-state index contributed by atoms with van der Waals surface area (Å²) in [5.74, 6) is -0.729. The molecule has 1 saturated heterocycles. The Balaban J connectivity index is 2.34. The van der Waals surface area contributed by atoms with Crippen molar-refractivity contribution >= 4 is 5.97 Å². The highest BCUT2D eigenvalue weighted by Crippen LogP contribution is 2.11. The van der Waals surface area contributed by atoms with Gasteiger partial charge in [0.15, 0.2) is 0 Å². The van der Waals surface area contributed by atoms with Gasteiger partial charge in [0.1, 0.15) is 6.04 Å². The lowest BCUT2D eigenvalue weighted by Gasteiger charge is -2.31. The van der Waals surface area contributed by atoms with Crippen LogP contribution < -0.4 is 5.32 Å². The molecule has 2 atom stereocenters. The van der Waals surface area contributed by atoms with Gasteiger partial charge in [0.25, 0.3) is 0 Å². The third kappa shape index (κ3) is 2.19. The Morgan fingerprint density at radius 3 is 2.50 bits per heavy atom. The number of piperidine rings is 1. The molecule has 70 valence electrons. The molecule has 4 heteroatoms. The van der Waals surface area contributed by atoms with Crippen LogP contribution in [0.3, 0.4) is 0 Å². The number of hydrogen-bond donors (Lipinski definition) is 2. The standard InChI is InChI=1S/C8H16N2O2/c1-10(2)6-3-4-7(8(11)12)9-5-6/h6-7,9H,3-5H2,1-2H3,(H,11,12)/t6-,7+/m1/s1. The van der Waals surface area contributed by atoms with Gasteiger partial charge >= 0.3 is 5.97 Å². The van der Waals surface area contributed by atoms with E-state index < -0.39 is 5.97 Å². The molecule has 0 radical (unpaired) electrons. The lowest BCUT2D eigenvalue weighted by atomic mass is 10.0. The monoisotopic (exact) mass is 172 g/mol. The third-order valence-electron chi connectivity index (χ3n) is 2.42. The van der Waals surface area contributed by atoms with Gasteiger partial charge in [-0.2, -0.15) is 0 Å². The fourth-order valence-electron chi connectivity index (χ4n) is 1.49. The highest BCUT2D eigenvalue weighted by molar-refractivity contribution is 5.73. The maximum absolute atomic E-state index is 10.6. The largest absolute Gasteiger partial charge is 0.480 e. The van der Waals surface area contributed by atoms with Crippen LogP contribution in [0.1, 0.15) is 12.8 Å². The molecule has 1 aliphatic rings. The molecule has 0 aromatic carbocycles. The summed E-state index contributed by atoms with van der Waals surface area (Å²) in [6, 6.07) is 0.154. The Morgan fingerprint density at radius 2 is 2.17 bits per heavy atom. The van der Waals surface area contributed by atoms with E-state index in [1.807, 2.05) is 14.1 Å². The summed E-state index contributed by atoms with van der Waals surface area (Å²) in [6.45, 7) is 0.782. The minimum atomic E-state index is -0.729. The van der Waals surface area contributed by atoms with Crippen LogP contribution in [0.15, 0.2) is 0 Å². The van der Waals surface area contributed by atoms with Crippen LogP contribution in [0.4, 0.5) is 0 Å². The van der Waals surface area contributed by atoms with Gasteiger partial charge < -0.3 is 15.3 Å². The average molecular weight is 172 g/mol. The number of aliphatic carboxylic acids is 1. The van der Waals surface area contributed by atoms with Crippen LogP contribution in [-0.4, -0.2) is 48.7 Å². The zero-order valence-electron chi connectivity index (χ0n) is 7.58. The van der Waals surface area contributed by atoms with E-state index in [2.05, 4.69) is 10.2 Å². The second kappa shape index (κ2) is 3.87. The van der Waals surface area contributed by atoms with E-state index in [0.29, 0.717) is 6.04 Å². The fraction of sp³-hybridized carbons (Fsp3) is 0.875. The normalized spacial score (nSPS) is 30.6. The summed E-state index contributed by atoms with van der Waals surface area (Å²) >= 11 is 0. The van der Waals surface area contributed by atoms with Gasteiger partial charge in [0, 0.05) is 12.6 Å². The summed E-state index contributed by atoms with van der Waals surface area (Å²) in [6.07, 6.45) is 1.70. The second-order valence-corrected chi connectivity index (χ2v) is 3.49. The van der Waals surface area contributed by atoms with Gasteiger partial charge in [-0.1, -0.05) is 0 Å². The van der Waals surface area contributed by atoms with Crippen LogP contribution in [0.25, 0.3) is 0 Å². The zero-order valence-corrected chi connectivity index (χ0v) is 7.58. The first-order chi connectivity index (χ1) is 5.61. The highest BCUT2D eigenvalue weighted by atomic mass is 16.4. The van der Waals surface area contributed by atoms with Crippen molar-refractivity contribution < 1.29 is 9.90 Å². The average Bonchev–Trinajstić information content (AvgIpc) is 2.04. The summed E-state index contributed by atoms with van der Waals surface area (Å²) < 4.78 is 0. The van der Waals surface area contributed by atoms with Crippen molar-refractivity contribution in [2.24, 2.45) is 0 Å². The van der Waals surface area contributed by atoms with Crippen LogP contribution in [0.2, 0.25) is 0 Å². The van der Waals surface area contributed by atoms with Crippen LogP contribution in [0, 0.1) is 0 Å². The molecule has 1 heterocycles. The maximum atomic E-state index is 10.6. The van der Waals surface area contributed by atoms with Gasteiger partial charge in [-0.05, 0) is 26.9 Å². The van der Waals surface area contributed by atoms with E-state index in [1.54, 1.807) is 0 Å². The number of nitrogens with zero attached hydrogens (tertiary/aromatic N) is 1. The Kier molecular flexibility index (Phi) is 3.05. The molecule has 0 bridgehead atoms. The molecular formula is C8H16N2O2. The van der Waals surface area contributed by atoms with E-state index in [4.69, 9.17) is 5.11 Å². The van der Waals surface area contributed by atoms with Gasteiger partial charge in [0.2, 0.25) is 0 Å². The van der Waals surface area contributed by atoms with Crippen molar-refractivity contribution in [3.8, 4) is 0 Å². The first-order valence-electron chi connectivity index (χ1n) is 4.24. The number of carboxylic acid groups (broad SMARTS) is 1. The van der Waals surface area contributed by atoms with Crippen molar-refractivity contribution in [1.29, 1.82) is 0 Å². The number of rotatable bonds is 2. The van der Waals surface area contributed by atoms with E-state index >= 15 is 0 Å². The van der Waals surface area contributed by atoms with Crippen LogP contribution in [0.5, 0.6) is 0 Å². The molecule has 1 aliphatic heterocycles. The number of hydrogen-bond acceptors (Lipinski definition) is 3. The molecule has 1 fully saturated rings. The van der Waals surface area contributed by atoms with Crippen molar-refractivity contribution in [1.82, 2.24) is 10.2 Å². The molecule has 0 unspecified atom stereocenters. The molecule has 1 rings (SSSR count). The fourth-order valence-corrected chi connectivity index (χ4v) is 1.49. The Morgan fingerprint density at radius 1 is 1.50 bits per heavy atom. The van der Waals surface area contributed by atoms with E-state index in [9.17, 15) is 4.79 Å². The van der Waals surface area contributed by atoms with Crippen LogP contribution in [-0.2, 0) is 4.79 Å². The molecule has 0 amide bonds. The summed E-state index contributed by atoms with van der Waals surface area (Å²) in [5.41, 5.74) is 0. The summed E-state index contributed by atoms with van der Waals surface area (Å²) in [7, 11) is 4.04. The topological polar surface area (TPSA) is 52.6 Å². The van der Waals surface area contributed by atoms with Crippen molar-refractivity contribution in [3.05, 3.63) is 0 Å². The van der Waals surface area contributed by atoms with Gasteiger partial charge in [-0.3, -0.25) is 4.79 Å². The second-order valence-electron chi connectivity index (χ2n) is 3.49. The first kappa shape index (κ1) is 9.48. The van der Waals surface area contributed by atoms with Gasteiger partial charge in [0.05, 0.1) is 0 Å². The van der Waals surface area contributed by atoms with Crippen molar-refractivity contribution in [2.75, 3.05) is 20.6 Å². The summed E-state index contributed by atoms with van der Waals surface area (Å²) in [5, 5.41) is 11.7. The van der Waals surface area contributed by atoms with Crippen LogP contribution >= 0.6 is 0 Å². The van der Waals surface area contributed by atoms with E-state index in [-0.39, 0.29) is 6.04 Å². The molecule has 0 aromatic rings. The van der Waals surface area contributed by atoms with Crippen molar-refractivity contribution in [2.45, 2.75) is 24.9 Å². The minimum Gasteiger partial charge on any atom is -0.480 e. The molecule has 0 aliphatic carbocycles. The molecule has 0 aromatic heterocycles. The Bertz CT molecular complexity index is 162. The SMILES string of the molecule is CN(C)[C@@H]1CC[C@@H](C(=O)O)NC1. The van der Waals surface area contributed by atoms with Gasteiger partial charge in [-0.25, -0.2) is 0 Å². The van der Waals surface area contributed by atoms with E-state index in [1.165, 1.54) is 0 Å². The molecule has 2 N–H and O–H groups in total. The molecular weight excluding hydrogens is 156 g/mol. The predicted octanol–water partition coefficient (Wildman–Crippen LogP) is -0.247. The Hall–Kier alpha value is -0.610. The maximum Gasteiger partial charge on any atom is 0.320 e. The smallest absolute Gasteiger partial charge is 0.320 e. The molecule has 4 nitrogen and oxygen atoms in total. The molecule has 0 spiro atoms. The zero-order chi connectivity index (χ0) is 9.14. The molecule has 0 saturated carbocycles. The van der Waals surface area contributed by atoms with Gasteiger partial charge in [-0.15, -0.1) is 0 Å². The number of carbonyl (C=O) groups is 1. The van der Waals surface area contributed by atoms with Crippen molar-refractivity contribution in [3.63, 3.8) is 0 Å². The number of likely N-dealkylation sites (N-methyl/N-ethyl adjacent to an activating group) is 1. The predicted molar refractivity (Wildman–Crippen MR) is 46.1 cm³/mol. The Labute approximate surface area is 72.6 Å².